The van der Waals surface area contributed by atoms with Gasteiger partial charge in [-0.1, -0.05) is 65.7 Å². The first-order valence-corrected chi connectivity index (χ1v) is 8.39. The predicted octanol–water partition coefficient (Wildman–Crippen LogP) is 5.15. The van der Waals surface area contributed by atoms with Crippen LogP contribution in [0, 0.1) is 11.3 Å². The standard InChI is InChI=1S/C17H35N/c1-4-5-6-8-11-17(12-9-7-10-13-17)15-18-14-16(2)3/h16,18H,4-15H2,1-3H3. The van der Waals surface area contributed by atoms with E-state index in [1.54, 1.807) is 0 Å². The monoisotopic (exact) mass is 253 g/mol. The lowest BCUT2D eigenvalue weighted by Crippen LogP contribution is -2.37. The van der Waals surface area contributed by atoms with Crippen LogP contribution < -0.4 is 5.32 Å². The van der Waals surface area contributed by atoms with E-state index in [4.69, 9.17) is 0 Å². The highest BCUT2D eigenvalue weighted by Crippen LogP contribution is 2.40. The Morgan fingerprint density at radius 2 is 1.72 bits per heavy atom. The first kappa shape index (κ1) is 16.0. The summed E-state index contributed by atoms with van der Waals surface area (Å²) in [6.07, 6.45) is 14.5. The maximum Gasteiger partial charge on any atom is 0.000792 e. The molecule has 0 amide bonds. The van der Waals surface area contributed by atoms with Crippen molar-refractivity contribution in [1.29, 1.82) is 0 Å². The minimum absolute atomic E-state index is 0.654. The van der Waals surface area contributed by atoms with Crippen molar-refractivity contribution in [2.45, 2.75) is 85.0 Å². The highest BCUT2D eigenvalue weighted by Gasteiger charge is 2.30. The van der Waals surface area contributed by atoms with Gasteiger partial charge in [0.1, 0.15) is 0 Å². The Bertz CT molecular complexity index is 192. The van der Waals surface area contributed by atoms with Crippen molar-refractivity contribution >= 4 is 0 Å². The van der Waals surface area contributed by atoms with Gasteiger partial charge in [-0.05, 0) is 37.1 Å². The minimum Gasteiger partial charge on any atom is -0.316 e. The van der Waals surface area contributed by atoms with E-state index < -0.39 is 0 Å². The summed E-state index contributed by atoms with van der Waals surface area (Å²) in [4.78, 5) is 0. The quantitative estimate of drug-likeness (QED) is 0.560. The van der Waals surface area contributed by atoms with Gasteiger partial charge in [-0.25, -0.2) is 0 Å². The molecule has 1 rings (SSSR count). The van der Waals surface area contributed by atoms with E-state index in [9.17, 15) is 0 Å². The molecule has 1 heteroatoms. The van der Waals surface area contributed by atoms with Gasteiger partial charge in [-0.2, -0.15) is 0 Å². The Hall–Kier alpha value is -0.0400. The third kappa shape index (κ3) is 6.22. The van der Waals surface area contributed by atoms with Crippen LogP contribution >= 0.6 is 0 Å². The number of rotatable bonds is 9. The smallest absolute Gasteiger partial charge is 0.000792 e. The van der Waals surface area contributed by atoms with Crippen molar-refractivity contribution in [3.05, 3.63) is 0 Å². The van der Waals surface area contributed by atoms with Crippen LogP contribution in [0.15, 0.2) is 0 Å². The van der Waals surface area contributed by atoms with Crippen LogP contribution in [0.5, 0.6) is 0 Å². The fourth-order valence-electron chi connectivity index (χ4n) is 3.37. The topological polar surface area (TPSA) is 12.0 Å². The third-order valence-corrected chi connectivity index (χ3v) is 4.53. The molecule has 0 aromatic heterocycles. The molecular weight excluding hydrogens is 218 g/mol. The second-order valence-electron chi connectivity index (χ2n) is 6.90. The Morgan fingerprint density at radius 1 is 1.00 bits per heavy atom. The van der Waals surface area contributed by atoms with E-state index >= 15 is 0 Å². The Labute approximate surface area is 115 Å². The molecule has 18 heavy (non-hydrogen) atoms. The lowest BCUT2D eigenvalue weighted by Gasteiger charge is -2.38. The van der Waals surface area contributed by atoms with E-state index in [0.29, 0.717) is 5.41 Å². The van der Waals surface area contributed by atoms with Crippen LogP contribution in [-0.4, -0.2) is 13.1 Å². The van der Waals surface area contributed by atoms with Gasteiger partial charge in [0, 0.05) is 6.54 Å². The van der Waals surface area contributed by atoms with E-state index in [1.807, 2.05) is 0 Å². The van der Waals surface area contributed by atoms with Gasteiger partial charge in [0.2, 0.25) is 0 Å². The van der Waals surface area contributed by atoms with Crippen LogP contribution in [0.2, 0.25) is 0 Å². The molecule has 1 N–H and O–H groups in total. The zero-order valence-corrected chi connectivity index (χ0v) is 13.1. The maximum absolute atomic E-state index is 3.74. The summed E-state index contributed by atoms with van der Waals surface area (Å²) >= 11 is 0. The molecule has 0 spiro atoms. The van der Waals surface area contributed by atoms with Gasteiger partial charge in [0.25, 0.3) is 0 Å². The van der Waals surface area contributed by atoms with Crippen molar-refractivity contribution in [3.63, 3.8) is 0 Å². The average molecular weight is 253 g/mol. The normalized spacial score (nSPS) is 19.3. The first-order valence-electron chi connectivity index (χ1n) is 8.39. The fourth-order valence-corrected chi connectivity index (χ4v) is 3.37. The van der Waals surface area contributed by atoms with Crippen molar-refractivity contribution < 1.29 is 0 Å². The predicted molar refractivity (Wildman–Crippen MR) is 82.0 cm³/mol. The zero-order valence-electron chi connectivity index (χ0n) is 13.1. The van der Waals surface area contributed by atoms with Crippen LogP contribution in [0.25, 0.3) is 0 Å². The molecule has 0 radical (unpaired) electrons. The molecule has 1 aliphatic rings. The fraction of sp³-hybridized carbons (Fsp3) is 1.00. The van der Waals surface area contributed by atoms with Gasteiger partial charge in [-0.15, -0.1) is 0 Å². The van der Waals surface area contributed by atoms with Gasteiger partial charge >= 0.3 is 0 Å². The summed E-state index contributed by atoms with van der Waals surface area (Å²) < 4.78 is 0. The summed E-state index contributed by atoms with van der Waals surface area (Å²) in [6.45, 7) is 9.39. The number of nitrogens with one attached hydrogen (secondary N) is 1. The molecule has 1 nitrogen and oxygen atoms in total. The summed E-state index contributed by atoms with van der Waals surface area (Å²) in [6, 6.07) is 0. The molecule has 0 aromatic rings. The average Bonchev–Trinajstić information content (AvgIpc) is 2.36. The molecular formula is C17H35N. The van der Waals surface area contributed by atoms with Gasteiger partial charge in [0.05, 0.1) is 0 Å². The van der Waals surface area contributed by atoms with Crippen molar-refractivity contribution in [3.8, 4) is 0 Å². The Balaban J connectivity index is 2.32. The maximum atomic E-state index is 3.74. The van der Waals surface area contributed by atoms with Gasteiger partial charge in [-0.3, -0.25) is 0 Å². The van der Waals surface area contributed by atoms with Crippen LogP contribution in [0.1, 0.15) is 85.0 Å². The summed E-state index contributed by atoms with van der Waals surface area (Å²) in [5.74, 6) is 0.783. The summed E-state index contributed by atoms with van der Waals surface area (Å²) in [5, 5.41) is 3.74. The lowest BCUT2D eigenvalue weighted by molar-refractivity contribution is 0.160. The van der Waals surface area contributed by atoms with Crippen LogP contribution in [0.3, 0.4) is 0 Å². The molecule has 0 heterocycles. The van der Waals surface area contributed by atoms with E-state index in [1.165, 1.54) is 77.3 Å². The summed E-state index contributed by atoms with van der Waals surface area (Å²) in [5.41, 5.74) is 0.654. The molecule has 0 bridgehead atoms. The molecule has 0 saturated heterocycles. The molecule has 1 fully saturated rings. The van der Waals surface area contributed by atoms with Crippen molar-refractivity contribution in [1.82, 2.24) is 5.32 Å². The first-order chi connectivity index (χ1) is 8.68. The highest BCUT2D eigenvalue weighted by molar-refractivity contribution is 4.85. The van der Waals surface area contributed by atoms with Crippen molar-refractivity contribution in [2.75, 3.05) is 13.1 Å². The highest BCUT2D eigenvalue weighted by atomic mass is 14.9. The van der Waals surface area contributed by atoms with E-state index in [-0.39, 0.29) is 0 Å². The van der Waals surface area contributed by atoms with Crippen LogP contribution in [0.4, 0.5) is 0 Å². The summed E-state index contributed by atoms with van der Waals surface area (Å²) in [7, 11) is 0. The molecule has 0 aromatic carbocycles. The Morgan fingerprint density at radius 3 is 2.33 bits per heavy atom. The number of hydrogen-bond donors (Lipinski definition) is 1. The molecule has 0 atom stereocenters. The SMILES string of the molecule is CCCCCCC1(CNCC(C)C)CCCCC1. The minimum atomic E-state index is 0.654. The van der Waals surface area contributed by atoms with Crippen LogP contribution in [-0.2, 0) is 0 Å². The van der Waals surface area contributed by atoms with Crippen molar-refractivity contribution in [2.24, 2.45) is 11.3 Å². The zero-order chi connectivity index (χ0) is 13.3. The Kier molecular flexibility index (Phi) is 7.97. The third-order valence-electron chi connectivity index (χ3n) is 4.53. The second kappa shape index (κ2) is 8.96. The molecule has 0 unspecified atom stereocenters. The lowest BCUT2D eigenvalue weighted by atomic mass is 9.70. The van der Waals surface area contributed by atoms with E-state index in [0.717, 1.165) is 5.92 Å². The number of unbranched alkanes of at least 4 members (excludes halogenated alkanes) is 3. The second-order valence-corrected chi connectivity index (χ2v) is 6.90. The van der Waals surface area contributed by atoms with Gasteiger partial charge in [0.15, 0.2) is 0 Å². The molecule has 1 aliphatic carbocycles. The number of hydrogen-bond acceptors (Lipinski definition) is 1. The van der Waals surface area contributed by atoms with Gasteiger partial charge < -0.3 is 5.32 Å². The molecule has 0 aliphatic heterocycles. The molecule has 1 saturated carbocycles. The van der Waals surface area contributed by atoms with E-state index in [2.05, 4.69) is 26.1 Å². The molecule has 108 valence electrons. The largest absolute Gasteiger partial charge is 0.316 e.